The molecule has 1 saturated heterocycles. The zero-order valence-corrected chi connectivity index (χ0v) is 16.1. The van der Waals surface area contributed by atoms with Crippen LogP contribution >= 0.6 is 0 Å². The highest BCUT2D eigenvalue weighted by Gasteiger charge is 2.41. The minimum Gasteiger partial charge on any atom is -0.385 e. The Kier molecular flexibility index (Phi) is 6.20. The van der Waals surface area contributed by atoms with E-state index >= 15 is 0 Å². The Bertz CT molecular complexity index is 830. The number of nitrogens with one attached hydrogen (secondary N) is 2. The predicted molar refractivity (Wildman–Crippen MR) is 105 cm³/mol. The van der Waals surface area contributed by atoms with Crippen molar-refractivity contribution < 1.29 is 14.3 Å². The van der Waals surface area contributed by atoms with E-state index < -0.39 is 5.54 Å². The second-order valence-electron chi connectivity index (χ2n) is 7.08. The molecule has 28 heavy (non-hydrogen) atoms. The Morgan fingerprint density at radius 3 is 2.79 bits per heavy atom. The molecule has 0 radical (unpaired) electrons. The molecule has 2 aromatic rings. The normalized spacial score (nSPS) is 18.7. The highest BCUT2D eigenvalue weighted by atomic mass is 16.5. The molecule has 1 aliphatic heterocycles. The summed E-state index contributed by atoms with van der Waals surface area (Å²) in [7, 11) is 1.62. The molecule has 0 saturated carbocycles. The van der Waals surface area contributed by atoms with E-state index in [0.717, 1.165) is 11.3 Å². The molecular weight excluding hydrogens is 358 g/mol. The van der Waals surface area contributed by atoms with E-state index in [2.05, 4.69) is 20.6 Å². The summed E-state index contributed by atoms with van der Waals surface area (Å²) < 4.78 is 5.23. The first-order chi connectivity index (χ1) is 13.5. The van der Waals surface area contributed by atoms with Gasteiger partial charge in [-0.05, 0) is 37.5 Å². The first-order valence-electron chi connectivity index (χ1n) is 9.20. The lowest BCUT2D eigenvalue weighted by Gasteiger charge is -2.30. The topological polar surface area (TPSA) is 96.5 Å². The summed E-state index contributed by atoms with van der Waals surface area (Å²) in [4.78, 5) is 34.9. The fraction of sp³-hybridized carbons (Fsp3) is 0.400. The summed E-state index contributed by atoms with van der Waals surface area (Å²) in [6.45, 7) is 3.41. The lowest BCUT2D eigenvalue weighted by molar-refractivity contribution is 0.0771. The van der Waals surface area contributed by atoms with Gasteiger partial charge in [-0.2, -0.15) is 0 Å². The van der Waals surface area contributed by atoms with Crippen LogP contribution in [0.3, 0.4) is 0 Å². The summed E-state index contributed by atoms with van der Waals surface area (Å²) in [6, 6.07) is 7.31. The molecule has 148 valence electrons. The van der Waals surface area contributed by atoms with E-state index in [-0.39, 0.29) is 11.9 Å². The van der Waals surface area contributed by atoms with Crippen LogP contribution in [-0.2, 0) is 4.74 Å². The van der Waals surface area contributed by atoms with Crippen LogP contribution < -0.4 is 10.6 Å². The number of nitrogens with zero attached hydrogens (tertiary/aromatic N) is 3. The molecule has 8 nitrogen and oxygen atoms in total. The van der Waals surface area contributed by atoms with Gasteiger partial charge in [-0.15, -0.1) is 0 Å². The number of aromatic nitrogens is 2. The standard InChI is InChI=1S/C20H25N5O3/c1-15-4-3-5-17(10-15)23-19(27)24-20(7-9-28-2)6-8-25(13-20)18(26)16-11-21-14-22-12-16/h3-5,10-12,14H,6-9,13H2,1-2H3,(H2,23,24,27). The number of amides is 3. The number of ether oxygens (including phenoxy) is 1. The number of hydrogen-bond donors (Lipinski definition) is 2. The van der Waals surface area contributed by atoms with Gasteiger partial charge in [0.15, 0.2) is 0 Å². The minimum absolute atomic E-state index is 0.138. The fourth-order valence-electron chi connectivity index (χ4n) is 3.43. The van der Waals surface area contributed by atoms with E-state index in [0.29, 0.717) is 38.1 Å². The van der Waals surface area contributed by atoms with E-state index in [1.165, 1.54) is 18.7 Å². The monoisotopic (exact) mass is 383 g/mol. The summed E-state index contributed by atoms with van der Waals surface area (Å²) in [5, 5.41) is 5.95. The molecule has 1 unspecified atom stereocenters. The van der Waals surface area contributed by atoms with Gasteiger partial charge in [-0.3, -0.25) is 4.79 Å². The Balaban J connectivity index is 1.69. The van der Waals surface area contributed by atoms with Crippen molar-refractivity contribution in [3.05, 3.63) is 54.1 Å². The third kappa shape index (κ3) is 4.83. The molecule has 1 aromatic carbocycles. The predicted octanol–water partition coefficient (Wildman–Crippen LogP) is 2.23. The number of methoxy groups -OCH3 is 1. The zero-order chi connectivity index (χ0) is 20.0. The molecule has 0 spiro atoms. The third-order valence-corrected chi connectivity index (χ3v) is 4.89. The smallest absolute Gasteiger partial charge is 0.319 e. The van der Waals surface area contributed by atoms with Crippen molar-refractivity contribution in [3.63, 3.8) is 0 Å². The number of benzene rings is 1. The minimum atomic E-state index is -0.546. The molecule has 8 heteroatoms. The van der Waals surface area contributed by atoms with Gasteiger partial charge in [-0.1, -0.05) is 12.1 Å². The maximum Gasteiger partial charge on any atom is 0.319 e. The van der Waals surface area contributed by atoms with E-state index in [4.69, 9.17) is 4.74 Å². The summed E-state index contributed by atoms with van der Waals surface area (Å²) in [5.41, 5.74) is 1.69. The van der Waals surface area contributed by atoms with Crippen LogP contribution in [-0.4, -0.2) is 59.2 Å². The van der Waals surface area contributed by atoms with Gasteiger partial charge < -0.3 is 20.3 Å². The molecule has 2 N–H and O–H groups in total. The molecule has 1 aliphatic rings. The van der Waals surface area contributed by atoms with E-state index in [1.54, 1.807) is 12.0 Å². The van der Waals surface area contributed by atoms with Gasteiger partial charge in [-0.25, -0.2) is 14.8 Å². The van der Waals surface area contributed by atoms with Crippen LogP contribution in [0.15, 0.2) is 43.0 Å². The Morgan fingerprint density at radius 2 is 2.07 bits per heavy atom. The third-order valence-electron chi connectivity index (χ3n) is 4.89. The molecule has 0 bridgehead atoms. The van der Waals surface area contributed by atoms with Gasteiger partial charge in [0.25, 0.3) is 5.91 Å². The van der Waals surface area contributed by atoms with Crippen LogP contribution in [0.1, 0.15) is 28.8 Å². The molecule has 3 rings (SSSR count). The van der Waals surface area contributed by atoms with Gasteiger partial charge in [0.1, 0.15) is 6.33 Å². The SMILES string of the molecule is COCCC1(NC(=O)Nc2cccc(C)c2)CCN(C(=O)c2cncnc2)C1. The summed E-state index contributed by atoms with van der Waals surface area (Å²) >= 11 is 0. The molecular formula is C20H25N5O3. The molecule has 1 aromatic heterocycles. The van der Waals surface area contributed by atoms with Gasteiger partial charge in [0.2, 0.25) is 0 Å². The molecule has 3 amide bonds. The first-order valence-corrected chi connectivity index (χ1v) is 9.20. The average Bonchev–Trinajstić information content (AvgIpc) is 3.10. The van der Waals surface area contributed by atoms with Gasteiger partial charge in [0.05, 0.1) is 11.1 Å². The number of likely N-dealkylation sites (tertiary alicyclic amines) is 1. The van der Waals surface area contributed by atoms with Crippen molar-refractivity contribution in [2.75, 3.05) is 32.1 Å². The number of aryl methyl sites for hydroxylation is 1. The lowest BCUT2D eigenvalue weighted by atomic mass is 9.94. The summed E-state index contributed by atoms with van der Waals surface area (Å²) in [6.07, 6.45) is 5.66. The van der Waals surface area contributed by atoms with Crippen LogP contribution in [0.5, 0.6) is 0 Å². The van der Waals surface area contributed by atoms with E-state index in [9.17, 15) is 9.59 Å². The number of carbonyl (C=O) groups is 2. The van der Waals surface area contributed by atoms with Crippen molar-refractivity contribution in [2.24, 2.45) is 0 Å². The van der Waals surface area contributed by atoms with Gasteiger partial charge in [0, 0.05) is 44.9 Å². The Hall–Kier alpha value is -3.00. The fourth-order valence-corrected chi connectivity index (χ4v) is 3.43. The van der Waals surface area contributed by atoms with Crippen LogP contribution in [0, 0.1) is 6.92 Å². The highest BCUT2D eigenvalue weighted by molar-refractivity contribution is 5.94. The van der Waals surface area contributed by atoms with Crippen molar-refractivity contribution in [2.45, 2.75) is 25.3 Å². The van der Waals surface area contributed by atoms with Crippen LogP contribution in [0.25, 0.3) is 0 Å². The molecule has 1 fully saturated rings. The second-order valence-corrected chi connectivity index (χ2v) is 7.08. The lowest BCUT2D eigenvalue weighted by Crippen LogP contribution is -2.53. The number of anilines is 1. The molecule has 0 aliphatic carbocycles. The quantitative estimate of drug-likeness (QED) is 0.797. The van der Waals surface area contributed by atoms with Crippen LogP contribution in [0.4, 0.5) is 10.5 Å². The maximum absolute atomic E-state index is 12.7. The number of rotatable bonds is 6. The van der Waals surface area contributed by atoms with Crippen LogP contribution in [0.2, 0.25) is 0 Å². The second kappa shape index (κ2) is 8.79. The van der Waals surface area contributed by atoms with Gasteiger partial charge >= 0.3 is 6.03 Å². The molecule has 1 atom stereocenters. The first kappa shape index (κ1) is 19.8. The average molecular weight is 383 g/mol. The van der Waals surface area contributed by atoms with Crippen molar-refractivity contribution >= 4 is 17.6 Å². The number of hydrogen-bond acceptors (Lipinski definition) is 5. The Morgan fingerprint density at radius 1 is 1.29 bits per heavy atom. The summed E-state index contributed by atoms with van der Waals surface area (Å²) in [5.74, 6) is -0.138. The number of urea groups is 1. The van der Waals surface area contributed by atoms with Crippen molar-refractivity contribution in [1.29, 1.82) is 0 Å². The Labute approximate surface area is 164 Å². The maximum atomic E-state index is 12.7. The zero-order valence-electron chi connectivity index (χ0n) is 16.1. The van der Waals surface area contributed by atoms with Crippen molar-refractivity contribution in [1.82, 2.24) is 20.2 Å². The largest absolute Gasteiger partial charge is 0.385 e. The highest BCUT2D eigenvalue weighted by Crippen LogP contribution is 2.26. The number of carbonyl (C=O) groups excluding carboxylic acids is 2. The van der Waals surface area contributed by atoms with Crippen molar-refractivity contribution in [3.8, 4) is 0 Å². The van der Waals surface area contributed by atoms with E-state index in [1.807, 2.05) is 31.2 Å². The molecule has 2 heterocycles.